The maximum Gasteiger partial charge on any atom is 0.153 e. The standard InChI is InChI=1S/C12H25NO2S/c1-9(2)10(3)16(14,15)8-7-11-5-4-6-12(11)13/h9-12H,4-8,13H2,1-3H3. The van der Waals surface area contributed by atoms with Crippen LogP contribution in [-0.4, -0.2) is 25.5 Å². The van der Waals surface area contributed by atoms with Crippen molar-refractivity contribution in [3.8, 4) is 0 Å². The van der Waals surface area contributed by atoms with Crippen molar-refractivity contribution in [3.63, 3.8) is 0 Å². The van der Waals surface area contributed by atoms with Gasteiger partial charge in [-0.25, -0.2) is 8.42 Å². The highest BCUT2D eigenvalue weighted by molar-refractivity contribution is 7.92. The third-order valence-electron chi connectivity index (χ3n) is 4.00. The van der Waals surface area contributed by atoms with E-state index in [9.17, 15) is 8.42 Å². The Kier molecular flexibility index (Phi) is 4.80. The molecular weight excluding hydrogens is 222 g/mol. The van der Waals surface area contributed by atoms with E-state index in [2.05, 4.69) is 0 Å². The number of nitrogens with two attached hydrogens (primary N) is 1. The quantitative estimate of drug-likeness (QED) is 0.808. The normalized spacial score (nSPS) is 28.6. The average molecular weight is 247 g/mol. The number of rotatable bonds is 5. The minimum absolute atomic E-state index is 0.197. The van der Waals surface area contributed by atoms with E-state index in [1.807, 2.05) is 20.8 Å². The fraction of sp³-hybridized carbons (Fsp3) is 1.00. The van der Waals surface area contributed by atoms with E-state index < -0.39 is 9.84 Å². The molecule has 0 aromatic heterocycles. The van der Waals surface area contributed by atoms with Crippen LogP contribution < -0.4 is 5.73 Å². The van der Waals surface area contributed by atoms with Gasteiger partial charge in [0.1, 0.15) is 0 Å². The van der Waals surface area contributed by atoms with Gasteiger partial charge in [-0.1, -0.05) is 20.3 Å². The molecule has 96 valence electrons. The van der Waals surface area contributed by atoms with E-state index in [1.165, 1.54) is 0 Å². The third kappa shape index (κ3) is 3.45. The van der Waals surface area contributed by atoms with Crippen molar-refractivity contribution in [3.05, 3.63) is 0 Å². The first-order chi connectivity index (χ1) is 7.34. The molecule has 1 aliphatic carbocycles. The molecule has 0 heterocycles. The first-order valence-corrected chi connectivity index (χ1v) is 8.03. The summed E-state index contributed by atoms with van der Waals surface area (Å²) in [6.45, 7) is 5.74. The lowest BCUT2D eigenvalue weighted by Gasteiger charge is -2.19. The highest BCUT2D eigenvalue weighted by atomic mass is 32.2. The predicted molar refractivity (Wildman–Crippen MR) is 68.0 cm³/mol. The van der Waals surface area contributed by atoms with Crippen LogP contribution in [0.2, 0.25) is 0 Å². The average Bonchev–Trinajstić information content (AvgIpc) is 2.60. The first-order valence-electron chi connectivity index (χ1n) is 6.31. The van der Waals surface area contributed by atoms with Gasteiger partial charge in [0.25, 0.3) is 0 Å². The van der Waals surface area contributed by atoms with Crippen molar-refractivity contribution in [2.75, 3.05) is 5.75 Å². The van der Waals surface area contributed by atoms with Crippen molar-refractivity contribution in [2.45, 2.75) is 57.7 Å². The Morgan fingerprint density at radius 1 is 1.25 bits per heavy atom. The molecule has 0 amide bonds. The summed E-state index contributed by atoms with van der Waals surface area (Å²) in [6, 6.07) is 0.226. The van der Waals surface area contributed by atoms with Crippen molar-refractivity contribution < 1.29 is 8.42 Å². The fourth-order valence-electron chi connectivity index (χ4n) is 2.34. The number of hydrogen-bond donors (Lipinski definition) is 1. The highest BCUT2D eigenvalue weighted by Crippen LogP contribution is 2.28. The summed E-state index contributed by atoms with van der Waals surface area (Å²) in [5.41, 5.74) is 5.95. The van der Waals surface area contributed by atoms with E-state index >= 15 is 0 Å². The molecule has 3 unspecified atom stereocenters. The molecule has 0 bridgehead atoms. The van der Waals surface area contributed by atoms with E-state index in [4.69, 9.17) is 5.73 Å². The van der Waals surface area contributed by atoms with Crippen LogP contribution in [-0.2, 0) is 9.84 Å². The minimum atomic E-state index is -2.93. The summed E-state index contributed by atoms with van der Waals surface area (Å²) in [7, 11) is -2.93. The van der Waals surface area contributed by atoms with Gasteiger partial charge in [-0.05, 0) is 38.0 Å². The molecule has 3 atom stereocenters. The monoisotopic (exact) mass is 247 g/mol. The Morgan fingerprint density at radius 2 is 1.88 bits per heavy atom. The van der Waals surface area contributed by atoms with Gasteiger partial charge in [-0.2, -0.15) is 0 Å². The number of hydrogen-bond acceptors (Lipinski definition) is 3. The first kappa shape index (κ1) is 14.0. The van der Waals surface area contributed by atoms with Crippen LogP contribution in [0.5, 0.6) is 0 Å². The van der Waals surface area contributed by atoms with Crippen molar-refractivity contribution in [2.24, 2.45) is 17.6 Å². The molecule has 0 radical (unpaired) electrons. The highest BCUT2D eigenvalue weighted by Gasteiger charge is 2.28. The van der Waals surface area contributed by atoms with Gasteiger partial charge in [-0.15, -0.1) is 0 Å². The van der Waals surface area contributed by atoms with Crippen LogP contribution >= 0.6 is 0 Å². The van der Waals surface area contributed by atoms with Crippen LogP contribution in [0.4, 0.5) is 0 Å². The Labute approximate surface area is 99.7 Å². The van der Waals surface area contributed by atoms with Crippen molar-refractivity contribution in [1.82, 2.24) is 0 Å². The molecule has 3 nitrogen and oxygen atoms in total. The molecule has 1 rings (SSSR count). The maximum atomic E-state index is 12.0. The molecule has 2 N–H and O–H groups in total. The van der Waals surface area contributed by atoms with Gasteiger partial charge in [-0.3, -0.25) is 0 Å². The Balaban J connectivity index is 2.48. The molecule has 0 aromatic rings. The van der Waals surface area contributed by atoms with Crippen molar-refractivity contribution in [1.29, 1.82) is 0 Å². The van der Waals surface area contributed by atoms with Gasteiger partial charge >= 0.3 is 0 Å². The molecule has 4 heteroatoms. The van der Waals surface area contributed by atoms with Crippen LogP contribution in [0.15, 0.2) is 0 Å². The summed E-state index contributed by atoms with van der Waals surface area (Å²) in [5, 5.41) is -0.231. The molecule has 0 aromatic carbocycles. The van der Waals surface area contributed by atoms with Gasteiger partial charge in [0.2, 0.25) is 0 Å². The Hall–Kier alpha value is -0.0900. The van der Waals surface area contributed by atoms with Crippen LogP contribution in [0.3, 0.4) is 0 Å². The smallest absolute Gasteiger partial charge is 0.153 e. The summed E-state index contributed by atoms with van der Waals surface area (Å²) in [4.78, 5) is 0. The molecule has 0 saturated heterocycles. The second kappa shape index (κ2) is 5.50. The minimum Gasteiger partial charge on any atom is -0.327 e. The van der Waals surface area contributed by atoms with Crippen LogP contribution in [0.25, 0.3) is 0 Å². The van der Waals surface area contributed by atoms with Crippen LogP contribution in [0, 0.1) is 11.8 Å². The van der Waals surface area contributed by atoms with Crippen molar-refractivity contribution >= 4 is 9.84 Å². The summed E-state index contributed by atoms with van der Waals surface area (Å²) >= 11 is 0. The molecule has 1 aliphatic rings. The summed E-state index contributed by atoms with van der Waals surface area (Å²) < 4.78 is 24.0. The molecule has 16 heavy (non-hydrogen) atoms. The van der Waals surface area contributed by atoms with Gasteiger partial charge in [0.05, 0.1) is 11.0 Å². The van der Waals surface area contributed by atoms with Gasteiger partial charge in [0.15, 0.2) is 9.84 Å². The molecule has 1 saturated carbocycles. The van der Waals surface area contributed by atoms with E-state index in [1.54, 1.807) is 0 Å². The predicted octanol–water partition coefficient (Wildman–Crippen LogP) is 1.96. The lowest BCUT2D eigenvalue weighted by molar-refractivity contribution is 0.461. The molecular formula is C12H25NO2S. The Morgan fingerprint density at radius 3 is 2.31 bits per heavy atom. The molecule has 0 spiro atoms. The SMILES string of the molecule is CC(C)C(C)S(=O)(=O)CCC1CCCC1N. The molecule has 0 aliphatic heterocycles. The summed E-state index contributed by atoms with van der Waals surface area (Å²) in [6.07, 6.45) is 4.07. The number of sulfone groups is 1. The zero-order valence-corrected chi connectivity index (χ0v) is 11.5. The second-order valence-electron chi connectivity index (χ2n) is 5.46. The van der Waals surface area contributed by atoms with Gasteiger partial charge < -0.3 is 5.73 Å². The van der Waals surface area contributed by atoms with E-state index in [0.29, 0.717) is 11.7 Å². The topological polar surface area (TPSA) is 60.2 Å². The van der Waals surface area contributed by atoms with E-state index in [-0.39, 0.29) is 17.2 Å². The van der Waals surface area contributed by atoms with Gasteiger partial charge in [0, 0.05) is 6.04 Å². The Bertz CT molecular complexity index is 311. The molecule has 1 fully saturated rings. The zero-order chi connectivity index (χ0) is 12.3. The fourth-order valence-corrected chi connectivity index (χ4v) is 4.17. The second-order valence-corrected chi connectivity index (χ2v) is 7.94. The lowest BCUT2D eigenvalue weighted by Crippen LogP contribution is -2.30. The van der Waals surface area contributed by atoms with E-state index in [0.717, 1.165) is 25.7 Å². The summed E-state index contributed by atoms with van der Waals surface area (Å²) in [5.74, 6) is 0.932. The van der Waals surface area contributed by atoms with Crippen LogP contribution in [0.1, 0.15) is 46.5 Å². The lowest BCUT2D eigenvalue weighted by atomic mass is 10.0. The largest absolute Gasteiger partial charge is 0.327 e. The maximum absolute atomic E-state index is 12.0. The third-order valence-corrected chi connectivity index (χ3v) is 6.48. The zero-order valence-electron chi connectivity index (χ0n) is 10.6.